The van der Waals surface area contributed by atoms with Crippen LogP contribution in [0.1, 0.15) is 30.5 Å². The van der Waals surface area contributed by atoms with Gasteiger partial charge in [-0.2, -0.15) is 5.10 Å². The SMILES string of the molecule is CN=C(NCCCn1cc(C)cn1)NC(C)c1ccccc1OC. The van der Waals surface area contributed by atoms with Crippen molar-refractivity contribution >= 4 is 5.96 Å². The number of methoxy groups -OCH3 is 1. The number of aliphatic imine (C=N–C) groups is 1. The van der Waals surface area contributed by atoms with Crippen LogP contribution in [0.25, 0.3) is 0 Å². The van der Waals surface area contributed by atoms with Gasteiger partial charge in [-0.25, -0.2) is 0 Å². The lowest BCUT2D eigenvalue weighted by Crippen LogP contribution is -2.39. The Bertz CT molecular complexity index is 665. The summed E-state index contributed by atoms with van der Waals surface area (Å²) < 4.78 is 7.38. The van der Waals surface area contributed by atoms with E-state index in [1.165, 1.54) is 5.56 Å². The van der Waals surface area contributed by atoms with Crippen LogP contribution >= 0.6 is 0 Å². The molecule has 6 heteroatoms. The number of ether oxygens (including phenoxy) is 1. The Hall–Kier alpha value is -2.50. The molecule has 1 aromatic carbocycles. The summed E-state index contributed by atoms with van der Waals surface area (Å²) in [5.41, 5.74) is 2.29. The highest BCUT2D eigenvalue weighted by Crippen LogP contribution is 2.24. The Labute approximate surface area is 143 Å². The van der Waals surface area contributed by atoms with Crippen molar-refractivity contribution < 1.29 is 4.74 Å². The maximum absolute atomic E-state index is 5.42. The smallest absolute Gasteiger partial charge is 0.191 e. The lowest BCUT2D eigenvalue weighted by Gasteiger charge is -2.20. The van der Waals surface area contributed by atoms with Crippen LogP contribution in [0.5, 0.6) is 5.75 Å². The fourth-order valence-corrected chi connectivity index (χ4v) is 2.54. The minimum atomic E-state index is 0.0983. The number of nitrogens with one attached hydrogen (secondary N) is 2. The number of rotatable bonds is 7. The molecule has 0 aliphatic carbocycles. The van der Waals surface area contributed by atoms with E-state index in [4.69, 9.17) is 4.74 Å². The van der Waals surface area contributed by atoms with Crippen molar-refractivity contribution in [2.24, 2.45) is 4.99 Å². The average Bonchev–Trinajstić information content (AvgIpc) is 3.02. The molecule has 1 atom stereocenters. The van der Waals surface area contributed by atoms with Gasteiger partial charge in [0, 0.05) is 31.9 Å². The minimum absolute atomic E-state index is 0.0983. The largest absolute Gasteiger partial charge is 0.496 e. The summed E-state index contributed by atoms with van der Waals surface area (Å²) in [5, 5.41) is 11.0. The van der Waals surface area contributed by atoms with Crippen LogP contribution in [-0.4, -0.2) is 36.4 Å². The Morgan fingerprint density at radius 2 is 2.17 bits per heavy atom. The molecule has 1 heterocycles. The fraction of sp³-hybridized carbons (Fsp3) is 0.444. The van der Waals surface area contributed by atoms with Gasteiger partial charge in [-0.3, -0.25) is 9.67 Å². The summed E-state index contributed by atoms with van der Waals surface area (Å²) in [4.78, 5) is 4.29. The van der Waals surface area contributed by atoms with Gasteiger partial charge < -0.3 is 15.4 Å². The standard InChI is InChI=1S/C18H27N5O/c1-14-12-21-23(13-14)11-7-10-20-18(19-3)22-15(2)16-8-5-6-9-17(16)24-4/h5-6,8-9,12-13,15H,7,10-11H2,1-4H3,(H2,19,20,22). The van der Waals surface area contributed by atoms with Gasteiger partial charge in [0.2, 0.25) is 0 Å². The molecule has 0 spiro atoms. The van der Waals surface area contributed by atoms with Gasteiger partial charge in [0.25, 0.3) is 0 Å². The Morgan fingerprint density at radius 3 is 2.83 bits per heavy atom. The molecule has 1 aromatic heterocycles. The van der Waals surface area contributed by atoms with Crippen molar-refractivity contribution in [3.05, 3.63) is 47.8 Å². The van der Waals surface area contributed by atoms with E-state index in [9.17, 15) is 0 Å². The van der Waals surface area contributed by atoms with Crippen molar-refractivity contribution in [2.45, 2.75) is 32.9 Å². The zero-order valence-electron chi connectivity index (χ0n) is 14.9. The van der Waals surface area contributed by atoms with Gasteiger partial charge >= 0.3 is 0 Å². The molecule has 2 rings (SSSR count). The molecule has 130 valence electrons. The third kappa shape index (κ3) is 5.01. The molecular formula is C18H27N5O. The topological polar surface area (TPSA) is 63.5 Å². The van der Waals surface area contributed by atoms with Crippen LogP contribution in [0.3, 0.4) is 0 Å². The first-order valence-electron chi connectivity index (χ1n) is 8.23. The van der Waals surface area contributed by atoms with E-state index in [0.29, 0.717) is 0 Å². The number of aromatic nitrogens is 2. The molecule has 2 N–H and O–H groups in total. The summed E-state index contributed by atoms with van der Waals surface area (Å²) in [6.45, 7) is 5.86. The number of benzene rings is 1. The second-order valence-electron chi connectivity index (χ2n) is 5.74. The molecule has 0 saturated carbocycles. The molecular weight excluding hydrogens is 302 g/mol. The molecule has 0 amide bonds. The Morgan fingerprint density at radius 1 is 1.38 bits per heavy atom. The normalized spacial score (nSPS) is 12.8. The van der Waals surface area contributed by atoms with E-state index in [-0.39, 0.29) is 6.04 Å². The first kappa shape index (κ1) is 17.8. The zero-order valence-corrected chi connectivity index (χ0v) is 14.9. The highest BCUT2D eigenvalue weighted by Gasteiger charge is 2.12. The monoisotopic (exact) mass is 329 g/mol. The third-order valence-corrected chi connectivity index (χ3v) is 3.80. The number of nitrogens with zero attached hydrogens (tertiary/aromatic N) is 3. The van der Waals surface area contributed by atoms with Gasteiger partial charge in [0.05, 0.1) is 19.3 Å². The van der Waals surface area contributed by atoms with E-state index in [1.807, 2.05) is 36.0 Å². The summed E-state index contributed by atoms with van der Waals surface area (Å²) in [6.07, 6.45) is 4.91. The predicted octanol–water partition coefficient (Wildman–Crippen LogP) is 2.52. The van der Waals surface area contributed by atoms with E-state index < -0.39 is 0 Å². The third-order valence-electron chi connectivity index (χ3n) is 3.80. The molecule has 0 radical (unpaired) electrons. The van der Waals surface area contributed by atoms with Crippen LogP contribution in [0.4, 0.5) is 0 Å². The van der Waals surface area contributed by atoms with Crippen molar-refractivity contribution in [1.29, 1.82) is 0 Å². The summed E-state index contributed by atoms with van der Waals surface area (Å²) >= 11 is 0. The quantitative estimate of drug-likeness (QED) is 0.465. The number of para-hydroxylation sites is 1. The summed E-state index contributed by atoms with van der Waals surface area (Å²) in [6, 6.07) is 8.11. The first-order chi connectivity index (χ1) is 11.6. The van der Waals surface area contributed by atoms with Gasteiger partial charge in [0.15, 0.2) is 5.96 Å². The number of aryl methyl sites for hydroxylation is 2. The summed E-state index contributed by atoms with van der Waals surface area (Å²) in [5.74, 6) is 1.66. The highest BCUT2D eigenvalue weighted by atomic mass is 16.5. The minimum Gasteiger partial charge on any atom is -0.496 e. The molecule has 2 aromatic rings. The maximum atomic E-state index is 5.42. The molecule has 0 fully saturated rings. The van der Waals surface area contributed by atoms with E-state index >= 15 is 0 Å². The van der Waals surface area contributed by atoms with E-state index in [2.05, 4.69) is 39.9 Å². The molecule has 0 aliphatic rings. The Kier molecular flexibility index (Phi) is 6.66. The predicted molar refractivity (Wildman–Crippen MR) is 97.5 cm³/mol. The fourth-order valence-electron chi connectivity index (χ4n) is 2.54. The van der Waals surface area contributed by atoms with Crippen molar-refractivity contribution in [1.82, 2.24) is 20.4 Å². The second kappa shape index (κ2) is 8.96. The zero-order chi connectivity index (χ0) is 17.4. The van der Waals surface area contributed by atoms with Crippen LogP contribution in [0, 0.1) is 6.92 Å². The lowest BCUT2D eigenvalue weighted by molar-refractivity contribution is 0.405. The molecule has 0 aliphatic heterocycles. The molecule has 0 bridgehead atoms. The van der Waals surface area contributed by atoms with Crippen LogP contribution in [0.15, 0.2) is 41.7 Å². The summed E-state index contributed by atoms with van der Waals surface area (Å²) in [7, 11) is 3.47. The van der Waals surface area contributed by atoms with Crippen LogP contribution < -0.4 is 15.4 Å². The highest BCUT2D eigenvalue weighted by molar-refractivity contribution is 5.80. The van der Waals surface area contributed by atoms with Gasteiger partial charge in [-0.05, 0) is 31.9 Å². The van der Waals surface area contributed by atoms with Crippen LogP contribution in [0.2, 0.25) is 0 Å². The van der Waals surface area contributed by atoms with Crippen molar-refractivity contribution in [3.63, 3.8) is 0 Å². The molecule has 6 nitrogen and oxygen atoms in total. The lowest BCUT2D eigenvalue weighted by atomic mass is 10.1. The average molecular weight is 329 g/mol. The first-order valence-corrected chi connectivity index (χ1v) is 8.23. The molecule has 0 saturated heterocycles. The van der Waals surface area contributed by atoms with Crippen molar-refractivity contribution in [3.8, 4) is 5.75 Å². The van der Waals surface area contributed by atoms with Crippen molar-refractivity contribution in [2.75, 3.05) is 20.7 Å². The van der Waals surface area contributed by atoms with E-state index in [0.717, 1.165) is 36.8 Å². The van der Waals surface area contributed by atoms with Crippen LogP contribution in [-0.2, 0) is 6.54 Å². The maximum Gasteiger partial charge on any atom is 0.191 e. The number of hydrogen-bond acceptors (Lipinski definition) is 3. The number of guanidine groups is 1. The number of hydrogen-bond donors (Lipinski definition) is 2. The van der Waals surface area contributed by atoms with Gasteiger partial charge in [0.1, 0.15) is 5.75 Å². The molecule has 1 unspecified atom stereocenters. The van der Waals surface area contributed by atoms with Gasteiger partial charge in [-0.15, -0.1) is 0 Å². The van der Waals surface area contributed by atoms with Gasteiger partial charge in [-0.1, -0.05) is 18.2 Å². The van der Waals surface area contributed by atoms with E-state index in [1.54, 1.807) is 14.2 Å². The molecule has 24 heavy (non-hydrogen) atoms. The Balaban J connectivity index is 1.81. The second-order valence-corrected chi connectivity index (χ2v) is 5.74.